The van der Waals surface area contributed by atoms with E-state index >= 15 is 0 Å². The lowest BCUT2D eigenvalue weighted by molar-refractivity contribution is -0.173. The fourth-order valence-corrected chi connectivity index (χ4v) is 8.50. The van der Waals surface area contributed by atoms with Gasteiger partial charge in [0.25, 0.3) is 5.91 Å². The molecule has 2 aromatic carbocycles. The van der Waals surface area contributed by atoms with Crippen LogP contribution in [-0.4, -0.2) is 145 Å². The summed E-state index contributed by atoms with van der Waals surface area (Å²) in [4.78, 5) is 74.4. The molecule has 19 heteroatoms. The summed E-state index contributed by atoms with van der Waals surface area (Å²) in [6.07, 6.45) is -4.24. The molecule has 0 bridgehead atoms. The van der Waals surface area contributed by atoms with Crippen molar-refractivity contribution in [2.24, 2.45) is 5.41 Å². The third-order valence-corrected chi connectivity index (χ3v) is 12.1. The predicted octanol–water partition coefficient (Wildman–Crippen LogP) is 5.24. The monoisotopic (exact) mass is 877 g/mol. The fraction of sp³-hybridized carbons (Fsp3) is 0.595. The Labute approximate surface area is 358 Å². The SMILES string of the molecule is CC(C)(C)C(=O)OCOC(=O)CN1CCC(N2CCN(C(=O)[C@@H](Cc3cc(Cl)c(N)c(C(F)(F)F)c3)OC(=O)N3CCC(N4CCc5ccccc5NC4=O)CC3)CC2)CC1. The molecule has 2 aromatic rings. The molecule has 4 aliphatic rings. The molecule has 61 heavy (non-hydrogen) atoms. The van der Waals surface area contributed by atoms with Gasteiger partial charge in [-0.25, -0.2) is 9.59 Å². The molecular formula is C42H55ClF3N7O8. The van der Waals surface area contributed by atoms with Crippen LogP contribution in [0.4, 0.5) is 34.1 Å². The van der Waals surface area contributed by atoms with Gasteiger partial charge in [0.05, 0.1) is 28.2 Å². The molecule has 1 atom stereocenters. The van der Waals surface area contributed by atoms with E-state index in [1.807, 2.05) is 29.2 Å². The second-order valence-electron chi connectivity index (χ2n) is 17.0. The van der Waals surface area contributed by atoms with E-state index in [9.17, 15) is 37.1 Å². The van der Waals surface area contributed by atoms with Crippen LogP contribution < -0.4 is 11.1 Å². The molecule has 3 saturated heterocycles. The van der Waals surface area contributed by atoms with Gasteiger partial charge in [-0.2, -0.15) is 13.2 Å². The van der Waals surface area contributed by atoms with Gasteiger partial charge in [0.1, 0.15) is 0 Å². The van der Waals surface area contributed by atoms with Crippen molar-refractivity contribution in [3.8, 4) is 0 Å². The van der Waals surface area contributed by atoms with Crippen molar-refractivity contribution < 1.29 is 51.4 Å². The second-order valence-corrected chi connectivity index (χ2v) is 17.5. The number of carbonyl (C=O) groups is 5. The third kappa shape index (κ3) is 11.8. The number of amides is 4. The molecule has 6 rings (SSSR count). The minimum absolute atomic E-state index is 0.0322. The molecule has 4 aliphatic heterocycles. The molecule has 0 unspecified atom stereocenters. The number of hydrogen-bond acceptors (Lipinski definition) is 11. The van der Waals surface area contributed by atoms with Gasteiger partial charge in [0.15, 0.2) is 6.10 Å². The maximum Gasteiger partial charge on any atom is 0.418 e. The summed E-state index contributed by atoms with van der Waals surface area (Å²) >= 11 is 6.14. The van der Waals surface area contributed by atoms with Crippen LogP contribution in [0.3, 0.4) is 0 Å². The molecule has 0 aromatic heterocycles. The van der Waals surface area contributed by atoms with Crippen molar-refractivity contribution in [1.82, 2.24) is 24.5 Å². The number of nitrogen functional groups attached to an aromatic ring is 1. The van der Waals surface area contributed by atoms with Crippen LogP contribution in [0.2, 0.25) is 5.02 Å². The number of ether oxygens (including phenoxy) is 3. The van der Waals surface area contributed by atoms with E-state index in [0.29, 0.717) is 65.1 Å². The number of carbonyl (C=O) groups excluding carboxylic acids is 5. The first-order chi connectivity index (χ1) is 28.9. The number of esters is 2. The maximum absolute atomic E-state index is 14.2. The fourth-order valence-electron chi connectivity index (χ4n) is 8.26. The number of piperazine rings is 1. The molecule has 334 valence electrons. The summed E-state index contributed by atoms with van der Waals surface area (Å²) in [6.45, 7) is 8.68. The van der Waals surface area contributed by atoms with E-state index in [4.69, 9.17) is 31.5 Å². The van der Waals surface area contributed by atoms with Crippen LogP contribution in [0.5, 0.6) is 0 Å². The van der Waals surface area contributed by atoms with E-state index in [0.717, 1.165) is 30.2 Å². The van der Waals surface area contributed by atoms with Crippen molar-refractivity contribution in [3.63, 3.8) is 0 Å². The van der Waals surface area contributed by atoms with Crippen LogP contribution in [0.25, 0.3) is 0 Å². The van der Waals surface area contributed by atoms with Gasteiger partial charge in [-0.15, -0.1) is 0 Å². The van der Waals surface area contributed by atoms with Gasteiger partial charge in [-0.1, -0.05) is 29.8 Å². The predicted molar refractivity (Wildman–Crippen MR) is 219 cm³/mol. The lowest BCUT2D eigenvalue weighted by atomic mass is 9.98. The van der Waals surface area contributed by atoms with Gasteiger partial charge in [-0.3, -0.25) is 24.2 Å². The summed E-state index contributed by atoms with van der Waals surface area (Å²) in [5.74, 6) is -1.49. The highest BCUT2D eigenvalue weighted by Crippen LogP contribution is 2.38. The number of rotatable bonds is 10. The van der Waals surface area contributed by atoms with E-state index < -0.39 is 59.7 Å². The number of nitrogens with two attached hydrogens (primary N) is 1. The van der Waals surface area contributed by atoms with Crippen LogP contribution in [-0.2, 0) is 47.6 Å². The topological polar surface area (TPSA) is 167 Å². The molecule has 15 nitrogen and oxygen atoms in total. The first-order valence-electron chi connectivity index (χ1n) is 20.7. The molecule has 3 N–H and O–H groups in total. The third-order valence-electron chi connectivity index (χ3n) is 11.8. The highest BCUT2D eigenvalue weighted by molar-refractivity contribution is 6.33. The Balaban J connectivity index is 1.04. The number of benzene rings is 2. The summed E-state index contributed by atoms with van der Waals surface area (Å²) in [5.41, 5.74) is 5.04. The molecule has 0 saturated carbocycles. The van der Waals surface area contributed by atoms with E-state index in [1.54, 1.807) is 30.6 Å². The van der Waals surface area contributed by atoms with E-state index in [-0.39, 0.29) is 54.8 Å². The number of hydrogen-bond donors (Lipinski definition) is 2. The normalized spacial score (nSPS) is 19.4. The molecule has 0 spiro atoms. The standard InChI is InChI=1S/C42H55ClF3N7O8/c1-41(2,3)38(56)60-26-59-35(54)25-49-13-9-29(10-14-49)50-18-20-51(21-19-50)37(55)34(24-27-22-31(42(44,45)46)36(47)32(43)23-27)61-40(58)52-15-11-30(12-16-52)53-17-8-28-6-4-5-7-33(28)48-39(53)57/h4-7,22-23,29-30,34H,8-21,24-26,47H2,1-3H3,(H,48,57)/t34-/m1/s1. The number of fused-ring (bicyclic) bond motifs is 1. The van der Waals surface area contributed by atoms with Crippen molar-refractivity contribution in [2.45, 2.75) is 83.7 Å². The highest BCUT2D eigenvalue weighted by atomic mass is 35.5. The quantitative estimate of drug-likeness (QED) is 0.182. The summed E-state index contributed by atoms with van der Waals surface area (Å²) < 4.78 is 57.8. The second kappa shape index (κ2) is 19.5. The van der Waals surface area contributed by atoms with E-state index in [1.165, 1.54) is 11.0 Å². The van der Waals surface area contributed by atoms with Crippen molar-refractivity contribution in [2.75, 3.05) is 83.3 Å². The van der Waals surface area contributed by atoms with Gasteiger partial charge in [-0.05, 0) is 82.2 Å². The summed E-state index contributed by atoms with van der Waals surface area (Å²) in [5, 5.41) is 2.65. The maximum atomic E-state index is 14.2. The number of urea groups is 1. The van der Waals surface area contributed by atoms with Crippen LogP contribution in [0, 0.1) is 5.41 Å². The van der Waals surface area contributed by atoms with Crippen LogP contribution >= 0.6 is 11.6 Å². The molecule has 4 amide bonds. The Morgan fingerprint density at radius 3 is 2.18 bits per heavy atom. The number of nitrogens with zero attached hydrogens (tertiary/aromatic N) is 5. The molecule has 3 fully saturated rings. The highest BCUT2D eigenvalue weighted by Gasteiger charge is 2.39. The lowest BCUT2D eigenvalue weighted by Crippen LogP contribution is -2.57. The van der Waals surface area contributed by atoms with Crippen LogP contribution in [0.15, 0.2) is 36.4 Å². The van der Waals surface area contributed by atoms with Crippen molar-refractivity contribution >= 4 is 52.9 Å². The zero-order valence-corrected chi connectivity index (χ0v) is 35.6. The number of piperidine rings is 2. The first kappa shape index (κ1) is 45.7. The smallest absolute Gasteiger partial charge is 0.418 e. The Kier molecular flexibility index (Phi) is 14.6. The Morgan fingerprint density at radius 1 is 0.869 bits per heavy atom. The number of nitrogens with one attached hydrogen (secondary N) is 1. The number of likely N-dealkylation sites (tertiary alicyclic amines) is 2. The minimum Gasteiger partial charge on any atom is -0.436 e. The number of para-hydroxylation sites is 1. The van der Waals surface area contributed by atoms with Crippen molar-refractivity contribution in [3.05, 3.63) is 58.1 Å². The lowest BCUT2D eigenvalue weighted by Gasteiger charge is -2.43. The van der Waals surface area contributed by atoms with Gasteiger partial charge in [0.2, 0.25) is 6.79 Å². The Hall–Kier alpha value is -4.81. The zero-order valence-electron chi connectivity index (χ0n) is 34.8. The summed E-state index contributed by atoms with van der Waals surface area (Å²) in [6, 6.07) is 9.57. The summed E-state index contributed by atoms with van der Waals surface area (Å²) in [7, 11) is 0. The largest absolute Gasteiger partial charge is 0.436 e. The molecular weight excluding hydrogens is 823 g/mol. The van der Waals surface area contributed by atoms with Crippen molar-refractivity contribution in [1.29, 1.82) is 0 Å². The number of alkyl halides is 3. The van der Waals surface area contributed by atoms with Crippen LogP contribution in [0.1, 0.15) is 63.1 Å². The molecule has 0 aliphatic carbocycles. The molecule has 4 heterocycles. The van der Waals surface area contributed by atoms with E-state index in [2.05, 4.69) is 10.2 Å². The first-order valence-corrected chi connectivity index (χ1v) is 21.1. The average molecular weight is 878 g/mol. The van der Waals surface area contributed by atoms with Gasteiger partial charge >= 0.3 is 30.2 Å². The van der Waals surface area contributed by atoms with Gasteiger partial charge in [0, 0.05) is 83.1 Å². The Bertz CT molecular complexity index is 1920. The molecule has 0 radical (unpaired) electrons. The number of anilines is 2. The Morgan fingerprint density at radius 2 is 1.52 bits per heavy atom. The average Bonchev–Trinajstić information content (AvgIpc) is 3.39. The zero-order chi connectivity index (χ0) is 44.1. The minimum atomic E-state index is -4.81. The number of halogens is 4. The van der Waals surface area contributed by atoms with Gasteiger partial charge < -0.3 is 40.0 Å².